The lowest BCUT2D eigenvalue weighted by Gasteiger charge is -2.14. The van der Waals surface area contributed by atoms with Crippen LogP contribution in [0, 0.1) is 0 Å². The molecular weight excluding hydrogens is 441 g/mol. The number of benzene rings is 1. The minimum Gasteiger partial charge on any atom is -0.462 e. The average molecular weight is 456 g/mol. The van der Waals surface area contributed by atoms with Crippen LogP contribution in [-0.4, -0.2) is 34.7 Å². The minimum absolute atomic E-state index is 0.00823. The molecule has 1 aliphatic heterocycles. The molecule has 0 spiro atoms. The van der Waals surface area contributed by atoms with Crippen molar-refractivity contribution in [2.75, 3.05) is 6.54 Å². The maximum atomic E-state index is 12.7. The number of ether oxygens (including phenoxy) is 1. The van der Waals surface area contributed by atoms with Crippen LogP contribution in [0.15, 0.2) is 32.5 Å². The number of carbonyl (C=O) groups excluding carboxylic acids is 3. The summed E-state index contributed by atoms with van der Waals surface area (Å²) < 4.78 is 10.5. The molecule has 1 fully saturated rings. The molecule has 10 heteroatoms. The molecule has 0 N–H and O–H groups in total. The summed E-state index contributed by atoms with van der Waals surface area (Å²) in [5.74, 6) is -1.37. The summed E-state index contributed by atoms with van der Waals surface area (Å²) in [6.07, 6.45) is 2.68. The van der Waals surface area contributed by atoms with Crippen molar-refractivity contribution < 1.29 is 23.5 Å². The van der Waals surface area contributed by atoms with Crippen molar-refractivity contribution in [2.24, 2.45) is 0 Å². The summed E-state index contributed by atoms with van der Waals surface area (Å²) in [5, 5.41) is -0.0467. The number of hydrogen-bond acceptors (Lipinski definition) is 7. The van der Waals surface area contributed by atoms with Crippen molar-refractivity contribution in [1.29, 1.82) is 0 Å². The Morgan fingerprint density at radius 1 is 1.31 bits per heavy atom. The van der Waals surface area contributed by atoms with E-state index in [9.17, 15) is 19.2 Å². The third kappa shape index (κ3) is 4.49. The van der Waals surface area contributed by atoms with Gasteiger partial charge < -0.3 is 9.15 Å². The minimum atomic E-state index is -0.690. The number of fused-ring (bicyclic) bond motifs is 1. The zero-order valence-electron chi connectivity index (χ0n) is 15.4. The van der Waals surface area contributed by atoms with Gasteiger partial charge in [-0.3, -0.25) is 24.1 Å². The molecule has 29 heavy (non-hydrogen) atoms. The van der Waals surface area contributed by atoms with Crippen molar-refractivity contribution in [2.45, 2.75) is 26.4 Å². The lowest BCUT2D eigenvalue weighted by atomic mass is 10.1. The summed E-state index contributed by atoms with van der Waals surface area (Å²) in [6.45, 7) is 3.06. The van der Waals surface area contributed by atoms with Gasteiger partial charge in [0.1, 0.15) is 12.8 Å². The van der Waals surface area contributed by atoms with Gasteiger partial charge in [-0.05, 0) is 43.3 Å². The number of halogens is 2. The second kappa shape index (κ2) is 8.61. The van der Waals surface area contributed by atoms with Crippen molar-refractivity contribution in [3.63, 3.8) is 0 Å². The van der Waals surface area contributed by atoms with Gasteiger partial charge in [-0.25, -0.2) is 0 Å². The molecule has 2 aromatic rings. The average Bonchev–Trinajstić information content (AvgIpc) is 2.91. The van der Waals surface area contributed by atoms with E-state index >= 15 is 0 Å². The highest BCUT2D eigenvalue weighted by molar-refractivity contribution is 8.18. The molecule has 2 heterocycles. The lowest BCUT2D eigenvalue weighted by Crippen LogP contribution is -2.35. The number of rotatable bonds is 5. The normalized spacial score (nSPS) is 16.7. The smallest absolute Gasteiger partial charge is 0.326 e. The lowest BCUT2D eigenvalue weighted by molar-refractivity contribution is -0.150. The van der Waals surface area contributed by atoms with Crippen molar-refractivity contribution in [3.8, 4) is 0 Å². The van der Waals surface area contributed by atoms with Gasteiger partial charge in [0.05, 0.1) is 27.0 Å². The molecule has 1 aliphatic rings. The van der Waals surface area contributed by atoms with Crippen LogP contribution in [0.2, 0.25) is 10.0 Å². The Morgan fingerprint density at radius 2 is 2.03 bits per heavy atom. The molecule has 3 rings (SSSR count). The van der Waals surface area contributed by atoms with Crippen LogP contribution in [0.4, 0.5) is 4.79 Å². The number of nitrogens with zero attached hydrogens (tertiary/aromatic N) is 1. The molecule has 7 nitrogen and oxygen atoms in total. The van der Waals surface area contributed by atoms with Gasteiger partial charge in [0.25, 0.3) is 11.1 Å². The highest BCUT2D eigenvalue weighted by atomic mass is 35.5. The van der Waals surface area contributed by atoms with Crippen LogP contribution in [0.5, 0.6) is 0 Å². The Labute approximate surface area is 179 Å². The van der Waals surface area contributed by atoms with Gasteiger partial charge in [-0.2, -0.15) is 0 Å². The van der Waals surface area contributed by atoms with E-state index in [0.717, 1.165) is 11.2 Å². The van der Waals surface area contributed by atoms with Crippen LogP contribution < -0.4 is 5.43 Å². The molecule has 1 atom stereocenters. The Kier molecular flexibility index (Phi) is 6.36. The van der Waals surface area contributed by atoms with Crippen molar-refractivity contribution in [3.05, 3.63) is 49.1 Å². The molecule has 2 amide bonds. The predicted molar refractivity (Wildman–Crippen MR) is 111 cm³/mol. The topological polar surface area (TPSA) is 93.9 Å². The van der Waals surface area contributed by atoms with Crippen LogP contribution in [-0.2, 0) is 14.3 Å². The first-order valence-corrected chi connectivity index (χ1v) is 10.1. The first-order chi connectivity index (χ1) is 13.7. The summed E-state index contributed by atoms with van der Waals surface area (Å²) in [6, 6.07) is 2.85. The van der Waals surface area contributed by atoms with E-state index in [4.69, 9.17) is 32.4 Å². The zero-order chi connectivity index (χ0) is 21.3. The molecule has 0 bridgehead atoms. The number of imide groups is 1. The highest BCUT2D eigenvalue weighted by Crippen LogP contribution is 2.32. The zero-order valence-corrected chi connectivity index (χ0v) is 17.7. The van der Waals surface area contributed by atoms with Crippen LogP contribution in [0.25, 0.3) is 17.0 Å². The molecule has 0 saturated carbocycles. The van der Waals surface area contributed by atoms with Gasteiger partial charge in [-0.1, -0.05) is 30.1 Å². The standard InChI is InChI=1S/C19H15Cl2NO6S/c1-3-9(2)28-15(23)7-22-18(25)14(29-19(22)26)4-10-8-27-17-12(16(10)24)5-11(20)6-13(17)21/h4-6,8-9H,3,7H2,1-2H3/b14-4-/t9-/m1/s1. The predicted octanol–water partition coefficient (Wildman–Crippen LogP) is 4.48. The summed E-state index contributed by atoms with van der Waals surface area (Å²) in [7, 11) is 0. The number of amides is 2. The molecule has 1 aromatic heterocycles. The monoisotopic (exact) mass is 455 g/mol. The molecule has 1 aromatic carbocycles. The fourth-order valence-corrected chi connectivity index (χ4v) is 3.90. The van der Waals surface area contributed by atoms with E-state index in [2.05, 4.69) is 0 Å². The summed E-state index contributed by atoms with van der Waals surface area (Å²) in [5.41, 5.74) is -0.249. The van der Waals surface area contributed by atoms with Crippen LogP contribution >= 0.6 is 35.0 Å². The van der Waals surface area contributed by atoms with Gasteiger partial charge in [0, 0.05) is 5.02 Å². The highest BCUT2D eigenvalue weighted by Gasteiger charge is 2.37. The second-order valence-corrected chi connectivity index (χ2v) is 8.10. The van der Waals surface area contributed by atoms with Crippen molar-refractivity contribution in [1.82, 2.24) is 4.90 Å². The fraction of sp³-hybridized carbons (Fsp3) is 0.263. The molecule has 0 aliphatic carbocycles. The van der Waals surface area contributed by atoms with E-state index in [0.29, 0.717) is 18.2 Å². The first-order valence-electron chi connectivity index (χ1n) is 8.56. The van der Waals surface area contributed by atoms with Crippen LogP contribution in [0.1, 0.15) is 25.8 Å². The third-order valence-electron chi connectivity index (χ3n) is 4.17. The molecular formula is C19H15Cl2NO6S. The maximum Gasteiger partial charge on any atom is 0.326 e. The summed E-state index contributed by atoms with van der Waals surface area (Å²) in [4.78, 5) is 50.0. The van der Waals surface area contributed by atoms with Gasteiger partial charge >= 0.3 is 5.97 Å². The van der Waals surface area contributed by atoms with E-state index in [1.54, 1.807) is 6.92 Å². The molecule has 0 radical (unpaired) electrons. The van der Waals surface area contributed by atoms with E-state index < -0.39 is 29.1 Å². The number of carbonyl (C=O) groups is 3. The van der Waals surface area contributed by atoms with Gasteiger partial charge in [-0.15, -0.1) is 0 Å². The van der Waals surface area contributed by atoms with Crippen molar-refractivity contribution >= 4 is 69.1 Å². The van der Waals surface area contributed by atoms with Crippen LogP contribution in [0.3, 0.4) is 0 Å². The largest absolute Gasteiger partial charge is 0.462 e. The number of hydrogen-bond donors (Lipinski definition) is 0. The van der Waals surface area contributed by atoms with Gasteiger partial charge in [0.15, 0.2) is 11.0 Å². The number of esters is 1. The fourth-order valence-electron chi connectivity index (χ4n) is 2.53. The van der Waals surface area contributed by atoms with Gasteiger partial charge in [0.2, 0.25) is 0 Å². The number of thioether (sulfide) groups is 1. The Bertz CT molecular complexity index is 1110. The quantitative estimate of drug-likeness (QED) is 0.484. The third-order valence-corrected chi connectivity index (χ3v) is 5.58. The Hall–Kier alpha value is -2.29. The molecule has 0 unspecified atom stereocenters. The summed E-state index contributed by atoms with van der Waals surface area (Å²) >= 11 is 12.6. The molecule has 152 valence electrons. The Morgan fingerprint density at radius 3 is 2.72 bits per heavy atom. The first kappa shape index (κ1) is 21.4. The van der Waals surface area contributed by atoms with E-state index in [1.165, 1.54) is 18.2 Å². The Balaban J connectivity index is 1.89. The maximum absolute atomic E-state index is 12.7. The van der Waals surface area contributed by atoms with E-state index in [-0.39, 0.29) is 37.6 Å². The SMILES string of the molecule is CC[C@@H](C)OC(=O)CN1C(=O)S/C(=C\c2coc3c(Cl)cc(Cl)cc3c2=O)C1=O. The van der Waals surface area contributed by atoms with E-state index in [1.807, 2.05) is 6.92 Å². The molecule has 1 saturated heterocycles. The second-order valence-electron chi connectivity index (χ2n) is 6.26.